The third-order valence-corrected chi connectivity index (χ3v) is 3.44. The summed E-state index contributed by atoms with van der Waals surface area (Å²) in [7, 11) is 1.30. The zero-order chi connectivity index (χ0) is 11.6. The highest BCUT2D eigenvalue weighted by atomic mass is 35.7. The second kappa shape index (κ2) is 4.45. The number of hydrogen-bond donors (Lipinski definition) is 0. The second-order valence-electron chi connectivity index (χ2n) is 3.13. The van der Waals surface area contributed by atoms with E-state index in [0.29, 0.717) is 5.56 Å². The molecule has 0 saturated heterocycles. The molecule has 15 heavy (non-hydrogen) atoms. The van der Waals surface area contributed by atoms with Gasteiger partial charge in [-0.25, -0.2) is 17.2 Å². The van der Waals surface area contributed by atoms with Gasteiger partial charge in [-0.3, -0.25) is 0 Å². The first kappa shape index (κ1) is 12.4. The molecule has 0 radical (unpaired) electrons. The zero-order valence-corrected chi connectivity index (χ0v) is 9.40. The molecule has 1 aromatic rings. The predicted molar refractivity (Wildman–Crippen MR) is 53.9 cm³/mol. The summed E-state index contributed by atoms with van der Waals surface area (Å²) in [6, 6.07) is 5.12. The molecule has 0 aliphatic rings. The van der Waals surface area contributed by atoms with Crippen molar-refractivity contribution in [3.05, 3.63) is 29.8 Å². The van der Waals surface area contributed by atoms with Crippen molar-refractivity contribution in [2.24, 2.45) is 0 Å². The summed E-state index contributed by atoms with van der Waals surface area (Å²) in [6.07, 6.45) is -2.47. The van der Waals surface area contributed by atoms with Crippen molar-refractivity contribution in [2.45, 2.75) is 24.2 Å². The molecular weight excluding hydrogens is 246 g/mol. The summed E-state index contributed by atoms with van der Waals surface area (Å²) >= 11 is 0. The van der Waals surface area contributed by atoms with E-state index in [1.165, 1.54) is 31.2 Å². The predicted octanol–water partition coefficient (Wildman–Crippen LogP) is 2.98. The minimum absolute atomic E-state index is 0.0885. The molecule has 0 heterocycles. The van der Waals surface area contributed by atoms with Gasteiger partial charge in [0.05, 0.1) is 4.90 Å². The van der Waals surface area contributed by atoms with Crippen LogP contribution in [0.1, 0.15) is 18.4 Å². The maximum Gasteiger partial charge on any atom is 0.261 e. The molecule has 0 saturated carbocycles. The summed E-state index contributed by atoms with van der Waals surface area (Å²) in [5, 5.41) is 0. The van der Waals surface area contributed by atoms with Gasteiger partial charge >= 0.3 is 0 Å². The van der Waals surface area contributed by atoms with Crippen LogP contribution in [0.15, 0.2) is 29.2 Å². The molecule has 0 spiro atoms. The highest BCUT2D eigenvalue weighted by molar-refractivity contribution is 8.13. The standard InChI is InChI=1S/C9H9ClF2O2S/c1-6(9(11)12)7-2-4-8(5-3-7)15(10,13)14/h2-6,9H,1H3/t6-/m0/s1. The van der Waals surface area contributed by atoms with E-state index < -0.39 is 21.4 Å². The first-order chi connectivity index (χ1) is 6.82. The zero-order valence-electron chi connectivity index (χ0n) is 7.82. The maximum absolute atomic E-state index is 12.3. The van der Waals surface area contributed by atoms with Gasteiger partial charge in [-0.2, -0.15) is 0 Å². The van der Waals surface area contributed by atoms with Crippen LogP contribution in [0.3, 0.4) is 0 Å². The first-order valence-electron chi connectivity index (χ1n) is 4.15. The van der Waals surface area contributed by atoms with Gasteiger partial charge in [0.2, 0.25) is 6.43 Å². The van der Waals surface area contributed by atoms with E-state index in [2.05, 4.69) is 0 Å². The summed E-state index contributed by atoms with van der Waals surface area (Å²) < 4.78 is 46.3. The largest absolute Gasteiger partial charge is 0.261 e. The fourth-order valence-electron chi connectivity index (χ4n) is 1.08. The van der Waals surface area contributed by atoms with Crippen molar-refractivity contribution >= 4 is 19.7 Å². The molecule has 0 fully saturated rings. The summed E-state index contributed by atoms with van der Waals surface area (Å²) in [5.74, 6) is -0.919. The van der Waals surface area contributed by atoms with Crippen molar-refractivity contribution in [2.75, 3.05) is 0 Å². The van der Waals surface area contributed by atoms with Gasteiger partial charge in [0.1, 0.15) is 0 Å². The van der Waals surface area contributed by atoms with Crippen molar-refractivity contribution in [3.63, 3.8) is 0 Å². The molecule has 0 aliphatic heterocycles. The lowest BCUT2D eigenvalue weighted by atomic mass is 10.0. The van der Waals surface area contributed by atoms with Gasteiger partial charge in [-0.05, 0) is 17.7 Å². The van der Waals surface area contributed by atoms with E-state index in [4.69, 9.17) is 10.7 Å². The van der Waals surface area contributed by atoms with E-state index in [1.54, 1.807) is 0 Å². The Morgan fingerprint density at radius 2 is 1.67 bits per heavy atom. The molecule has 0 aliphatic carbocycles. The summed E-state index contributed by atoms with van der Waals surface area (Å²) in [6.45, 7) is 1.37. The van der Waals surface area contributed by atoms with Crippen LogP contribution in [-0.2, 0) is 9.05 Å². The molecule has 1 aromatic carbocycles. The van der Waals surface area contributed by atoms with E-state index in [1.807, 2.05) is 0 Å². The average molecular weight is 255 g/mol. The van der Waals surface area contributed by atoms with Crippen molar-refractivity contribution in [1.82, 2.24) is 0 Å². The van der Waals surface area contributed by atoms with E-state index >= 15 is 0 Å². The molecule has 1 atom stereocenters. The molecule has 0 amide bonds. The Bertz CT molecular complexity index is 428. The van der Waals surface area contributed by atoms with E-state index in [9.17, 15) is 17.2 Å². The Balaban J connectivity index is 3.01. The Morgan fingerprint density at radius 3 is 2.00 bits per heavy atom. The van der Waals surface area contributed by atoms with Gasteiger partial charge in [0, 0.05) is 16.6 Å². The Labute approximate surface area is 91.3 Å². The number of alkyl halides is 2. The van der Waals surface area contributed by atoms with Gasteiger partial charge in [0.25, 0.3) is 9.05 Å². The molecule has 84 valence electrons. The van der Waals surface area contributed by atoms with E-state index in [-0.39, 0.29) is 4.90 Å². The Morgan fingerprint density at radius 1 is 1.20 bits per heavy atom. The number of halogens is 3. The molecule has 1 rings (SSSR count). The van der Waals surface area contributed by atoms with Crippen LogP contribution in [0.2, 0.25) is 0 Å². The van der Waals surface area contributed by atoms with Crippen LogP contribution in [0.5, 0.6) is 0 Å². The van der Waals surface area contributed by atoms with Crippen LogP contribution in [0.4, 0.5) is 8.78 Å². The first-order valence-corrected chi connectivity index (χ1v) is 6.46. The second-order valence-corrected chi connectivity index (χ2v) is 5.70. The quantitative estimate of drug-likeness (QED) is 0.777. The third-order valence-electron chi connectivity index (χ3n) is 2.07. The molecule has 6 heteroatoms. The summed E-state index contributed by atoms with van der Waals surface area (Å²) in [4.78, 5) is -0.0885. The van der Waals surface area contributed by atoms with Crippen LogP contribution in [0, 0.1) is 0 Å². The lowest BCUT2D eigenvalue weighted by molar-refractivity contribution is 0.121. The van der Waals surface area contributed by atoms with Gasteiger partial charge in [-0.1, -0.05) is 19.1 Å². The van der Waals surface area contributed by atoms with Crippen molar-refractivity contribution in [1.29, 1.82) is 0 Å². The summed E-state index contributed by atoms with van der Waals surface area (Å²) in [5.41, 5.74) is 0.383. The highest BCUT2D eigenvalue weighted by Crippen LogP contribution is 2.24. The lowest BCUT2D eigenvalue weighted by Crippen LogP contribution is -2.04. The number of hydrogen-bond acceptors (Lipinski definition) is 2. The van der Waals surface area contributed by atoms with Gasteiger partial charge < -0.3 is 0 Å². The third kappa shape index (κ3) is 3.14. The van der Waals surface area contributed by atoms with E-state index in [0.717, 1.165) is 0 Å². The lowest BCUT2D eigenvalue weighted by Gasteiger charge is -2.10. The smallest absolute Gasteiger partial charge is 0.210 e. The van der Waals surface area contributed by atoms with Crippen LogP contribution in [0.25, 0.3) is 0 Å². The molecule has 2 nitrogen and oxygen atoms in total. The number of rotatable bonds is 3. The van der Waals surface area contributed by atoms with Gasteiger partial charge in [-0.15, -0.1) is 0 Å². The minimum atomic E-state index is -3.78. The normalized spacial score (nSPS) is 14.2. The topological polar surface area (TPSA) is 34.1 Å². The highest BCUT2D eigenvalue weighted by Gasteiger charge is 2.17. The minimum Gasteiger partial charge on any atom is -0.210 e. The van der Waals surface area contributed by atoms with Crippen LogP contribution >= 0.6 is 10.7 Å². The fourth-order valence-corrected chi connectivity index (χ4v) is 1.85. The molecule has 0 bridgehead atoms. The fraction of sp³-hybridized carbons (Fsp3) is 0.333. The van der Waals surface area contributed by atoms with Crippen LogP contribution in [-0.4, -0.2) is 14.8 Å². The molecule has 0 unspecified atom stereocenters. The molecular formula is C9H9ClF2O2S. The van der Waals surface area contributed by atoms with Crippen LogP contribution < -0.4 is 0 Å². The molecule has 0 aromatic heterocycles. The Kier molecular flexibility index (Phi) is 3.67. The Hall–Kier alpha value is -0.680. The maximum atomic E-state index is 12.3. The van der Waals surface area contributed by atoms with Crippen molar-refractivity contribution < 1.29 is 17.2 Å². The van der Waals surface area contributed by atoms with Crippen molar-refractivity contribution in [3.8, 4) is 0 Å². The van der Waals surface area contributed by atoms with Gasteiger partial charge in [0.15, 0.2) is 0 Å². The monoisotopic (exact) mass is 254 g/mol. The SMILES string of the molecule is C[C@@H](c1ccc(S(=O)(=O)Cl)cc1)C(F)F. The average Bonchev–Trinajstić information content (AvgIpc) is 2.15. The number of benzene rings is 1. The molecule has 0 N–H and O–H groups in total.